The fourth-order valence-corrected chi connectivity index (χ4v) is 10.7. The summed E-state index contributed by atoms with van der Waals surface area (Å²) in [5.74, 6) is 2.79. The molecule has 0 saturated carbocycles. The number of hydrogen-bond donors (Lipinski definition) is 3. The van der Waals surface area contributed by atoms with Crippen LogP contribution in [0, 0.1) is 12.3 Å². The van der Waals surface area contributed by atoms with Gasteiger partial charge in [0, 0.05) is 43.7 Å². The zero-order chi connectivity index (χ0) is 45.9. The molecule has 0 aliphatic carbocycles. The summed E-state index contributed by atoms with van der Waals surface area (Å²) >= 11 is 0. The number of amides is 2. The van der Waals surface area contributed by atoms with Gasteiger partial charge in [-0.05, 0) is 85.0 Å². The molecule has 18 heteroatoms. The third-order valence-corrected chi connectivity index (χ3v) is 14.9. The smallest absolute Gasteiger partial charge is 0.263 e. The van der Waals surface area contributed by atoms with Gasteiger partial charge in [0.25, 0.3) is 14.4 Å². The van der Waals surface area contributed by atoms with Crippen molar-refractivity contribution in [2.45, 2.75) is 114 Å². The van der Waals surface area contributed by atoms with Crippen molar-refractivity contribution in [2.24, 2.45) is 0 Å². The molecule has 4 aromatic rings. The number of benzene rings is 2. The van der Waals surface area contributed by atoms with Gasteiger partial charge in [-0.1, -0.05) is 63.9 Å². The minimum absolute atomic E-state index is 0.0440. The first-order valence-corrected chi connectivity index (χ1v) is 23.2. The van der Waals surface area contributed by atoms with Crippen LogP contribution in [0.2, 0.25) is 0 Å². The van der Waals surface area contributed by atoms with Crippen LogP contribution in [-0.4, -0.2) is 112 Å². The van der Waals surface area contributed by atoms with E-state index in [1.54, 1.807) is 51.7 Å². The molecule has 2 aromatic carbocycles. The lowest BCUT2D eigenvalue weighted by Gasteiger charge is -2.38. The number of carbonyl (C=O) groups excluding carboxylic acids is 2. The van der Waals surface area contributed by atoms with Gasteiger partial charge in [0.2, 0.25) is 7.34 Å². The van der Waals surface area contributed by atoms with Gasteiger partial charge in [0.05, 0.1) is 25.6 Å². The van der Waals surface area contributed by atoms with Crippen molar-refractivity contribution in [3.05, 3.63) is 72.8 Å². The average molecular weight is 901 g/mol. The zero-order valence-electron chi connectivity index (χ0n) is 38.1. The van der Waals surface area contributed by atoms with E-state index in [-0.39, 0.29) is 48.6 Å². The largest absolute Gasteiger partial charge is 0.484 e. The summed E-state index contributed by atoms with van der Waals surface area (Å²) in [6, 6.07) is 17.5. The molecule has 5 atom stereocenters. The van der Waals surface area contributed by atoms with E-state index in [9.17, 15) is 9.59 Å². The van der Waals surface area contributed by atoms with E-state index in [0.717, 1.165) is 10.5 Å². The van der Waals surface area contributed by atoms with Crippen molar-refractivity contribution in [1.82, 2.24) is 29.5 Å². The number of terminal acetylenes is 1. The van der Waals surface area contributed by atoms with Crippen LogP contribution in [0.3, 0.4) is 0 Å². The molecule has 2 aromatic heterocycles. The second-order valence-electron chi connectivity index (χ2n) is 14.9. The molecule has 1 saturated heterocycles. The van der Waals surface area contributed by atoms with E-state index in [1.165, 1.54) is 13.4 Å². The summed E-state index contributed by atoms with van der Waals surface area (Å²) < 4.78 is 49.8. The van der Waals surface area contributed by atoms with Crippen LogP contribution in [0.5, 0.6) is 5.75 Å². The first-order valence-electron chi connectivity index (χ1n) is 21.0. The summed E-state index contributed by atoms with van der Waals surface area (Å²) in [5, 5.41) is 9.02. The SMILES string of the molecule is [2H]C[C@H]1O[C@@H](n2cnc3c(NC(=O)COc4ccccc4)ncnc32)[C@@H](OC)C1OP(OCCc1ccccc1SSC(C)(C)CCC(=O)NCC#C)N(C(C)C)C(C)C.[3H]OC. The second kappa shape index (κ2) is 24.7. The Hall–Kier alpha value is -3.82. The van der Waals surface area contributed by atoms with Crippen molar-refractivity contribution in [1.29, 1.82) is 1.43 Å². The molecule has 3 heterocycles. The second-order valence-corrected chi connectivity index (χ2v) is 19.2. The Morgan fingerprint density at radius 3 is 2.52 bits per heavy atom. The molecular formula is C43H60N7O8PS2. The quantitative estimate of drug-likeness (QED) is 0.0404. The summed E-state index contributed by atoms with van der Waals surface area (Å²) in [5.41, 5.74) is 1.91. The molecule has 1 aliphatic heterocycles. The third-order valence-electron chi connectivity index (χ3n) is 9.26. The van der Waals surface area contributed by atoms with Crippen molar-refractivity contribution >= 4 is 58.9 Å². The number of anilines is 1. The number of nitrogens with zero attached hydrogens (tertiary/aromatic N) is 5. The van der Waals surface area contributed by atoms with Gasteiger partial charge in [-0.15, -0.1) is 6.42 Å². The van der Waals surface area contributed by atoms with Crippen molar-refractivity contribution < 1.29 is 39.3 Å². The molecule has 3 N–H and O–H groups in total. The molecule has 15 nitrogen and oxygen atoms in total. The number of rotatable bonds is 22. The Morgan fingerprint density at radius 1 is 1.11 bits per heavy atom. The number of aromatic nitrogens is 4. The van der Waals surface area contributed by atoms with E-state index in [1.807, 2.05) is 30.3 Å². The standard InChI is InChI=1S/C42H56N7O7PS2.CH4O/c1-10-23-43-34(50)20-22-42(7,8)59-58-33-19-15-14-16-31(33)21-24-54-57(49(28(2)3)29(4)5)56-37-30(6)55-41(38(37)52-9)48-27-46-36-39(44-26-45-40(36)48)47-35(51)25-53-32-17-12-11-13-18-32;1-2/h1,11-19,26-30,37-38,41H,20-25H2,2-9H3,(H,43,50)(H,44,45,47,51);2H,1H3/t30-,37?,38+,41-,57?;/m1./s1/i6D;2T. The Balaban J connectivity index is 0.00000282. The van der Waals surface area contributed by atoms with Crippen LogP contribution in [0.1, 0.15) is 74.4 Å². The Kier molecular flexibility index (Phi) is 18.9. The Bertz CT molecular complexity index is 2060. The van der Waals surface area contributed by atoms with Crippen LogP contribution >= 0.6 is 30.1 Å². The lowest BCUT2D eigenvalue weighted by Crippen LogP contribution is -2.39. The number of aliphatic hydroxyl groups is 1. The summed E-state index contributed by atoms with van der Waals surface area (Å²) in [6.45, 7) is 13.0. The van der Waals surface area contributed by atoms with Gasteiger partial charge < -0.3 is 39.0 Å². The number of ether oxygens (including phenoxy) is 3. The molecular weight excluding hydrogens is 838 g/mol. The predicted molar refractivity (Wildman–Crippen MR) is 243 cm³/mol. The van der Waals surface area contributed by atoms with Crippen LogP contribution in [0.4, 0.5) is 5.82 Å². The van der Waals surface area contributed by atoms with Crippen LogP contribution in [0.15, 0.2) is 72.1 Å². The molecule has 0 bridgehead atoms. The minimum Gasteiger partial charge on any atom is -0.484 e. The number of para-hydroxylation sites is 1. The summed E-state index contributed by atoms with van der Waals surface area (Å²) in [4.78, 5) is 39.4. The average Bonchev–Trinajstić information content (AvgIpc) is 3.85. The molecule has 1 fully saturated rings. The molecule has 2 unspecified atom stereocenters. The molecule has 332 valence electrons. The summed E-state index contributed by atoms with van der Waals surface area (Å²) in [7, 11) is 4.66. The molecule has 61 heavy (non-hydrogen) atoms. The first kappa shape index (κ1) is 46.7. The highest BCUT2D eigenvalue weighted by molar-refractivity contribution is 8.77. The molecule has 0 radical (unpaired) electrons. The third kappa shape index (κ3) is 14.4. The van der Waals surface area contributed by atoms with E-state index in [2.05, 4.69) is 95.0 Å². The fraction of sp³-hybridized carbons (Fsp3) is 0.512. The highest BCUT2D eigenvalue weighted by atomic mass is 33.1. The number of methoxy groups -OCH3 is 1. The molecule has 0 spiro atoms. The van der Waals surface area contributed by atoms with Crippen LogP contribution in [-0.2, 0) is 34.5 Å². The van der Waals surface area contributed by atoms with Crippen molar-refractivity contribution in [3.8, 4) is 18.1 Å². The van der Waals surface area contributed by atoms with Gasteiger partial charge in [-0.25, -0.2) is 19.6 Å². The maximum absolute atomic E-state index is 12.8. The normalized spacial score (nSPS) is 18.6. The minimum atomic E-state index is -1.66. The molecule has 5 rings (SSSR count). The van der Waals surface area contributed by atoms with Crippen LogP contribution < -0.4 is 15.4 Å². The Morgan fingerprint density at radius 2 is 1.84 bits per heavy atom. The number of imidazole rings is 1. The van der Waals surface area contributed by atoms with E-state index in [4.69, 9.17) is 32.5 Å². The zero-order valence-corrected chi connectivity index (χ0v) is 38.6. The first-order chi connectivity index (χ1) is 30.3. The highest BCUT2D eigenvalue weighted by Gasteiger charge is 2.48. The molecule has 2 amide bonds. The maximum atomic E-state index is 12.8. The summed E-state index contributed by atoms with van der Waals surface area (Å²) in [6.07, 6.45) is 7.18. The van der Waals surface area contributed by atoms with E-state index < -0.39 is 39.0 Å². The van der Waals surface area contributed by atoms with Gasteiger partial charge in [0.1, 0.15) is 24.3 Å². The number of nitrogens with one attached hydrogen (secondary N) is 2. The monoisotopic (exact) mass is 900 g/mol. The number of carbonyl (C=O) groups is 2. The highest BCUT2D eigenvalue weighted by Crippen LogP contribution is 2.51. The van der Waals surface area contributed by atoms with Gasteiger partial charge >= 0.3 is 0 Å². The fourth-order valence-electron chi connectivity index (χ4n) is 6.38. The number of aliphatic hydroxyl groups excluding tert-OH is 1. The lowest BCUT2D eigenvalue weighted by molar-refractivity contribution is -0.121. The number of hydrogen-bond acceptors (Lipinski definition) is 14. The van der Waals surface area contributed by atoms with Gasteiger partial charge in [-0.2, -0.15) is 0 Å². The topological polar surface area (TPSA) is 171 Å². The maximum Gasteiger partial charge on any atom is 0.263 e. The van der Waals surface area contributed by atoms with Gasteiger partial charge in [-0.3, -0.25) is 14.2 Å². The Labute approximate surface area is 372 Å². The van der Waals surface area contributed by atoms with Gasteiger partial charge in [0.15, 0.2) is 29.8 Å². The van der Waals surface area contributed by atoms with E-state index >= 15 is 0 Å². The lowest BCUT2D eigenvalue weighted by atomic mass is 10.1. The van der Waals surface area contributed by atoms with Crippen molar-refractivity contribution in [3.63, 3.8) is 0 Å². The number of fused-ring (bicyclic) bond motifs is 1. The van der Waals surface area contributed by atoms with E-state index in [0.29, 0.717) is 42.8 Å². The molecule has 1 aliphatic rings. The predicted octanol–water partition coefficient (Wildman–Crippen LogP) is 7.42. The van der Waals surface area contributed by atoms with Crippen LogP contribution in [0.25, 0.3) is 11.2 Å². The van der Waals surface area contributed by atoms with Crippen molar-refractivity contribution in [2.75, 3.05) is 39.3 Å².